The van der Waals surface area contributed by atoms with E-state index in [4.69, 9.17) is 11.6 Å². The van der Waals surface area contributed by atoms with Gasteiger partial charge in [-0.15, -0.1) is 11.3 Å². The molecule has 16 heavy (non-hydrogen) atoms. The molecule has 0 saturated carbocycles. The van der Waals surface area contributed by atoms with Gasteiger partial charge >= 0.3 is 0 Å². The summed E-state index contributed by atoms with van der Waals surface area (Å²) in [6.45, 7) is 2.47. The zero-order chi connectivity index (χ0) is 11.5. The van der Waals surface area contributed by atoms with Crippen LogP contribution < -0.4 is 5.32 Å². The second kappa shape index (κ2) is 4.58. The number of anilines is 1. The lowest BCUT2D eigenvalue weighted by Crippen LogP contribution is -2.15. The topological polar surface area (TPSA) is 72.7 Å². The van der Waals surface area contributed by atoms with Gasteiger partial charge in [-0.25, -0.2) is 4.68 Å². The molecule has 6 nitrogen and oxygen atoms in total. The number of hydrogen-bond acceptors (Lipinski definition) is 5. The number of amides is 1. The van der Waals surface area contributed by atoms with Crippen LogP contribution in [0.2, 0.25) is 4.34 Å². The Morgan fingerprint density at radius 1 is 1.69 bits per heavy atom. The molecule has 0 aromatic carbocycles. The summed E-state index contributed by atoms with van der Waals surface area (Å²) < 4.78 is 2.06. The largest absolute Gasteiger partial charge is 0.289 e. The van der Waals surface area contributed by atoms with Crippen LogP contribution in [0.25, 0.3) is 0 Å². The first-order valence-corrected chi connectivity index (χ1v) is 5.78. The molecule has 1 amide bonds. The Balaban J connectivity index is 2.13. The monoisotopic (exact) mass is 257 g/mol. The molecule has 0 aliphatic rings. The Hall–Kier alpha value is -1.47. The van der Waals surface area contributed by atoms with Gasteiger partial charge in [0.2, 0.25) is 5.95 Å². The van der Waals surface area contributed by atoms with E-state index >= 15 is 0 Å². The van der Waals surface area contributed by atoms with Gasteiger partial charge in [0.25, 0.3) is 5.91 Å². The third kappa shape index (κ3) is 2.20. The predicted molar refractivity (Wildman–Crippen MR) is 60.8 cm³/mol. The lowest BCUT2D eigenvalue weighted by Gasteiger charge is -2.01. The Morgan fingerprint density at radius 3 is 3.12 bits per heavy atom. The van der Waals surface area contributed by atoms with Crippen LogP contribution in [0.4, 0.5) is 5.95 Å². The van der Waals surface area contributed by atoms with Gasteiger partial charge in [0.15, 0.2) is 0 Å². The van der Waals surface area contributed by atoms with E-state index in [1.54, 1.807) is 11.4 Å². The quantitative estimate of drug-likeness (QED) is 0.908. The first-order chi connectivity index (χ1) is 7.70. The maximum absolute atomic E-state index is 11.7. The Morgan fingerprint density at radius 2 is 2.50 bits per heavy atom. The average molecular weight is 258 g/mol. The van der Waals surface area contributed by atoms with E-state index in [9.17, 15) is 4.79 Å². The molecule has 0 saturated heterocycles. The van der Waals surface area contributed by atoms with Gasteiger partial charge in [0, 0.05) is 11.9 Å². The molecule has 0 fully saturated rings. The van der Waals surface area contributed by atoms with Crippen molar-refractivity contribution in [1.82, 2.24) is 20.2 Å². The number of nitrogens with zero attached hydrogens (tertiary/aromatic N) is 4. The number of aryl methyl sites for hydroxylation is 1. The number of thiophene rings is 1. The first kappa shape index (κ1) is 11.0. The Kier molecular flexibility index (Phi) is 3.16. The van der Waals surface area contributed by atoms with Crippen LogP contribution in [0.5, 0.6) is 0 Å². The fourth-order valence-corrected chi connectivity index (χ4v) is 1.97. The molecule has 0 unspecified atom stereocenters. The molecular weight excluding hydrogens is 250 g/mol. The van der Waals surface area contributed by atoms with E-state index in [0.717, 1.165) is 0 Å². The molecule has 0 spiro atoms. The maximum Gasteiger partial charge on any atom is 0.258 e. The summed E-state index contributed by atoms with van der Waals surface area (Å²) in [5, 5.41) is 15.2. The minimum Gasteiger partial charge on any atom is -0.289 e. The highest BCUT2D eigenvalue weighted by molar-refractivity contribution is 7.14. The highest BCUT2D eigenvalue weighted by atomic mass is 35.5. The summed E-state index contributed by atoms with van der Waals surface area (Å²) in [4.78, 5) is 11.7. The van der Waals surface area contributed by atoms with Crippen molar-refractivity contribution in [3.63, 3.8) is 0 Å². The van der Waals surface area contributed by atoms with Crippen LogP contribution in [0.1, 0.15) is 17.3 Å². The van der Waals surface area contributed by atoms with Gasteiger partial charge in [-0.2, -0.15) is 0 Å². The van der Waals surface area contributed by atoms with Gasteiger partial charge < -0.3 is 0 Å². The third-order valence-corrected chi connectivity index (χ3v) is 2.98. The van der Waals surface area contributed by atoms with Crippen molar-refractivity contribution in [2.24, 2.45) is 0 Å². The van der Waals surface area contributed by atoms with Crippen molar-refractivity contribution in [1.29, 1.82) is 0 Å². The van der Waals surface area contributed by atoms with E-state index in [1.807, 2.05) is 6.92 Å². The van der Waals surface area contributed by atoms with E-state index in [-0.39, 0.29) is 5.91 Å². The zero-order valence-corrected chi connectivity index (χ0v) is 9.92. The molecule has 2 heterocycles. The maximum atomic E-state index is 11.7. The van der Waals surface area contributed by atoms with Crippen LogP contribution in [-0.4, -0.2) is 26.1 Å². The number of aromatic nitrogens is 4. The molecule has 2 aromatic rings. The van der Waals surface area contributed by atoms with Crippen LogP contribution >= 0.6 is 22.9 Å². The number of carbonyl (C=O) groups is 1. The highest BCUT2D eigenvalue weighted by Crippen LogP contribution is 2.20. The second-order valence-corrected chi connectivity index (χ2v) is 4.45. The standard InChI is InChI=1S/C8H8ClN5OS/c1-2-14-8(11-12-13-14)10-7(15)5-3-6(9)16-4-5/h3-4H,2H2,1H3,(H,10,11,13,15). The van der Waals surface area contributed by atoms with Gasteiger partial charge in [0.1, 0.15) is 0 Å². The number of nitrogens with one attached hydrogen (secondary N) is 1. The first-order valence-electron chi connectivity index (χ1n) is 4.52. The van der Waals surface area contributed by atoms with Gasteiger partial charge in [0.05, 0.1) is 9.90 Å². The second-order valence-electron chi connectivity index (χ2n) is 2.91. The van der Waals surface area contributed by atoms with Crippen molar-refractivity contribution in [3.05, 3.63) is 21.3 Å². The fraction of sp³-hybridized carbons (Fsp3) is 0.250. The van der Waals surface area contributed by atoms with Crippen molar-refractivity contribution in [3.8, 4) is 0 Å². The number of tetrazole rings is 1. The lowest BCUT2D eigenvalue weighted by atomic mass is 10.3. The molecule has 0 aliphatic carbocycles. The highest BCUT2D eigenvalue weighted by Gasteiger charge is 2.12. The third-order valence-electron chi connectivity index (χ3n) is 1.89. The molecule has 0 aliphatic heterocycles. The van der Waals surface area contributed by atoms with Crippen LogP contribution in [0, 0.1) is 0 Å². The summed E-state index contributed by atoms with van der Waals surface area (Å²) in [6, 6.07) is 1.60. The van der Waals surface area contributed by atoms with Crippen LogP contribution in [0.3, 0.4) is 0 Å². The average Bonchev–Trinajstić information content (AvgIpc) is 2.86. The van der Waals surface area contributed by atoms with Crippen molar-refractivity contribution in [2.45, 2.75) is 13.5 Å². The van der Waals surface area contributed by atoms with Gasteiger partial charge in [-0.1, -0.05) is 16.7 Å². The van der Waals surface area contributed by atoms with E-state index < -0.39 is 0 Å². The van der Waals surface area contributed by atoms with Gasteiger partial charge in [-0.3, -0.25) is 10.1 Å². The molecule has 0 atom stereocenters. The number of hydrogen-bond donors (Lipinski definition) is 1. The van der Waals surface area contributed by atoms with E-state index in [0.29, 0.717) is 22.4 Å². The number of halogens is 1. The normalized spacial score (nSPS) is 10.4. The van der Waals surface area contributed by atoms with Crippen LogP contribution in [-0.2, 0) is 6.54 Å². The molecule has 84 valence electrons. The Bertz CT molecular complexity index is 508. The summed E-state index contributed by atoms with van der Waals surface area (Å²) in [5.41, 5.74) is 0.501. The van der Waals surface area contributed by atoms with E-state index in [1.165, 1.54) is 16.0 Å². The smallest absolute Gasteiger partial charge is 0.258 e. The Labute approximate surface area is 100 Å². The fourth-order valence-electron chi connectivity index (χ4n) is 1.11. The molecule has 2 aromatic heterocycles. The lowest BCUT2D eigenvalue weighted by molar-refractivity contribution is 0.102. The molecule has 1 N–H and O–H groups in total. The SMILES string of the molecule is CCn1nnnc1NC(=O)c1csc(Cl)c1. The number of carbonyl (C=O) groups excluding carboxylic acids is 1. The zero-order valence-electron chi connectivity index (χ0n) is 8.35. The van der Waals surface area contributed by atoms with E-state index in [2.05, 4.69) is 20.8 Å². The van der Waals surface area contributed by atoms with Crippen molar-refractivity contribution in [2.75, 3.05) is 5.32 Å². The molecular formula is C8H8ClN5OS. The minimum absolute atomic E-state index is 0.271. The summed E-state index contributed by atoms with van der Waals surface area (Å²) >= 11 is 7.04. The molecule has 0 bridgehead atoms. The molecule has 8 heteroatoms. The number of rotatable bonds is 3. The molecule has 2 rings (SSSR count). The summed E-state index contributed by atoms with van der Waals surface area (Å²) in [6.07, 6.45) is 0. The molecule has 0 radical (unpaired) electrons. The minimum atomic E-state index is -0.271. The van der Waals surface area contributed by atoms with Crippen molar-refractivity contribution < 1.29 is 4.79 Å². The summed E-state index contributed by atoms with van der Waals surface area (Å²) in [5.74, 6) is 0.0578. The van der Waals surface area contributed by atoms with Crippen LogP contribution in [0.15, 0.2) is 11.4 Å². The predicted octanol–water partition coefficient (Wildman–Crippen LogP) is 1.66. The summed E-state index contributed by atoms with van der Waals surface area (Å²) in [7, 11) is 0. The van der Waals surface area contributed by atoms with Gasteiger partial charge in [-0.05, 0) is 23.4 Å². The van der Waals surface area contributed by atoms with Crippen molar-refractivity contribution >= 4 is 34.8 Å².